The highest BCUT2D eigenvalue weighted by molar-refractivity contribution is 9.10. The van der Waals surface area contributed by atoms with E-state index in [9.17, 15) is 4.79 Å². The van der Waals surface area contributed by atoms with E-state index >= 15 is 0 Å². The molecule has 0 aliphatic rings. The van der Waals surface area contributed by atoms with Crippen molar-refractivity contribution in [2.45, 2.75) is 26.2 Å². The van der Waals surface area contributed by atoms with Crippen molar-refractivity contribution in [3.05, 3.63) is 28.2 Å². The van der Waals surface area contributed by atoms with Crippen LogP contribution in [0.2, 0.25) is 0 Å². The van der Waals surface area contributed by atoms with Crippen LogP contribution in [-0.2, 0) is 0 Å². The third-order valence-corrected chi connectivity index (χ3v) is 3.43. The normalized spacial score (nSPS) is 12.2. The van der Waals surface area contributed by atoms with Gasteiger partial charge in [-0.3, -0.25) is 0 Å². The van der Waals surface area contributed by atoms with Gasteiger partial charge >= 0.3 is 5.97 Å². The molecular weight excluding hydrogens is 310 g/mol. The summed E-state index contributed by atoms with van der Waals surface area (Å²) < 4.78 is 0.740. The number of anilines is 1. The number of halogens is 1. The maximum absolute atomic E-state index is 11.0. The molecule has 0 aliphatic carbocycles. The Hall–Kier alpha value is -1.07. The van der Waals surface area contributed by atoms with Gasteiger partial charge in [0.15, 0.2) is 0 Å². The van der Waals surface area contributed by atoms with Crippen molar-refractivity contribution >= 4 is 27.6 Å². The molecule has 0 amide bonds. The quantitative estimate of drug-likeness (QED) is 0.684. The van der Waals surface area contributed by atoms with Crippen LogP contribution in [-0.4, -0.2) is 29.3 Å². The first-order chi connectivity index (χ1) is 9.06. The molecule has 0 heterocycles. The number of aromatic carboxylic acids is 1. The van der Waals surface area contributed by atoms with E-state index in [-0.39, 0.29) is 12.2 Å². The maximum atomic E-state index is 11.0. The molecule has 0 bridgehead atoms. The van der Waals surface area contributed by atoms with Gasteiger partial charge in [-0.05, 0) is 37.0 Å². The van der Waals surface area contributed by atoms with Crippen molar-refractivity contribution in [3.63, 3.8) is 0 Å². The number of hydrogen-bond donors (Lipinski definition) is 3. The smallest absolute Gasteiger partial charge is 0.335 e. The zero-order chi connectivity index (χ0) is 14.3. The molecule has 1 unspecified atom stereocenters. The van der Waals surface area contributed by atoms with Gasteiger partial charge in [0.05, 0.1) is 5.56 Å². The van der Waals surface area contributed by atoms with Gasteiger partial charge in [-0.2, -0.15) is 0 Å². The van der Waals surface area contributed by atoms with Crippen molar-refractivity contribution in [1.29, 1.82) is 0 Å². The molecule has 1 aromatic carbocycles. The molecule has 106 valence electrons. The van der Waals surface area contributed by atoms with Crippen molar-refractivity contribution < 1.29 is 15.0 Å². The fraction of sp³-hybridized carbons (Fsp3) is 0.500. The zero-order valence-electron chi connectivity index (χ0n) is 11.0. The number of carboxylic acids is 1. The first-order valence-electron chi connectivity index (χ1n) is 6.45. The molecule has 0 fully saturated rings. The molecule has 0 aliphatic heterocycles. The van der Waals surface area contributed by atoms with Crippen LogP contribution in [0.5, 0.6) is 0 Å². The van der Waals surface area contributed by atoms with Crippen LogP contribution in [0.3, 0.4) is 0 Å². The summed E-state index contributed by atoms with van der Waals surface area (Å²) in [5.74, 6) is -0.535. The molecule has 0 spiro atoms. The van der Waals surface area contributed by atoms with Crippen LogP contribution in [0.25, 0.3) is 0 Å². The minimum absolute atomic E-state index is 0.186. The Morgan fingerprint density at radius 3 is 2.68 bits per heavy atom. The second-order valence-corrected chi connectivity index (χ2v) is 5.50. The summed E-state index contributed by atoms with van der Waals surface area (Å²) >= 11 is 3.31. The molecule has 0 aromatic heterocycles. The minimum Gasteiger partial charge on any atom is -0.478 e. The number of hydrogen-bond acceptors (Lipinski definition) is 3. The number of aliphatic hydroxyl groups is 1. The fourth-order valence-electron chi connectivity index (χ4n) is 2.02. The van der Waals surface area contributed by atoms with Gasteiger partial charge in [0.1, 0.15) is 0 Å². The van der Waals surface area contributed by atoms with E-state index in [4.69, 9.17) is 10.2 Å². The van der Waals surface area contributed by atoms with Crippen molar-refractivity contribution in [2.24, 2.45) is 5.92 Å². The summed E-state index contributed by atoms with van der Waals surface area (Å²) in [5, 5.41) is 21.3. The van der Waals surface area contributed by atoms with Crippen LogP contribution in [0, 0.1) is 5.92 Å². The third kappa shape index (κ3) is 5.61. The van der Waals surface area contributed by atoms with E-state index in [0.717, 1.165) is 36.0 Å². The predicted octanol–water partition coefficient (Wildman–Crippen LogP) is 3.36. The largest absolute Gasteiger partial charge is 0.478 e. The fourth-order valence-corrected chi connectivity index (χ4v) is 2.51. The SMILES string of the molecule is CCCC(CCO)CNc1cc(Br)cc(C(=O)O)c1. The molecule has 0 saturated carbocycles. The summed E-state index contributed by atoms with van der Waals surface area (Å²) in [6, 6.07) is 5.05. The summed E-state index contributed by atoms with van der Waals surface area (Å²) in [6.45, 7) is 3.04. The van der Waals surface area contributed by atoms with E-state index in [0.29, 0.717) is 5.92 Å². The standard InChI is InChI=1S/C14H20BrNO3/c1-2-3-10(4-5-17)9-16-13-7-11(14(18)19)6-12(15)8-13/h6-8,10,16-17H,2-5,9H2,1H3,(H,18,19). The Bertz CT molecular complexity index is 417. The second kappa shape index (κ2) is 8.17. The first-order valence-corrected chi connectivity index (χ1v) is 7.24. The highest BCUT2D eigenvalue weighted by Gasteiger charge is 2.09. The van der Waals surface area contributed by atoms with Crippen LogP contribution >= 0.6 is 15.9 Å². The lowest BCUT2D eigenvalue weighted by molar-refractivity contribution is 0.0697. The Morgan fingerprint density at radius 2 is 2.11 bits per heavy atom. The molecule has 4 nitrogen and oxygen atoms in total. The summed E-state index contributed by atoms with van der Waals surface area (Å²) in [6.07, 6.45) is 2.89. The monoisotopic (exact) mass is 329 g/mol. The van der Waals surface area contributed by atoms with E-state index in [2.05, 4.69) is 28.2 Å². The molecule has 1 atom stereocenters. The number of carboxylic acid groups (broad SMARTS) is 1. The Morgan fingerprint density at radius 1 is 1.37 bits per heavy atom. The van der Waals surface area contributed by atoms with Crippen LogP contribution in [0.4, 0.5) is 5.69 Å². The molecule has 5 heteroatoms. The predicted molar refractivity (Wildman–Crippen MR) is 79.7 cm³/mol. The lowest BCUT2D eigenvalue weighted by Crippen LogP contribution is -2.16. The van der Waals surface area contributed by atoms with E-state index in [1.165, 1.54) is 0 Å². The topological polar surface area (TPSA) is 69.6 Å². The lowest BCUT2D eigenvalue weighted by atomic mass is 10.00. The van der Waals surface area contributed by atoms with Gasteiger partial charge in [0.2, 0.25) is 0 Å². The van der Waals surface area contributed by atoms with Crippen LogP contribution in [0.15, 0.2) is 22.7 Å². The molecule has 1 rings (SSSR count). The van der Waals surface area contributed by atoms with Gasteiger partial charge in [-0.25, -0.2) is 4.79 Å². The minimum atomic E-state index is -0.940. The number of nitrogens with one attached hydrogen (secondary N) is 1. The maximum Gasteiger partial charge on any atom is 0.335 e. The van der Waals surface area contributed by atoms with Gasteiger partial charge < -0.3 is 15.5 Å². The van der Waals surface area contributed by atoms with Crippen molar-refractivity contribution in [3.8, 4) is 0 Å². The van der Waals surface area contributed by atoms with Crippen LogP contribution < -0.4 is 5.32 Å². The molecule has 0 saturated heterocycles. The lowest BCUT2D eigenvalue weighted by Gasteiger charge is -2.17. The summed E-state index contributed by atoms with van der Waals surface area (Å²) in [4.78, 5) is 11.0. The summed E-state index contributed by atoms with van der Waals surface area (Å²) in [5.41, 5.74) is 1.04. The van der Waals surface area contributed by atoms with Crippen LogP contribution in [0.1, 0.15) is 36.5 Å². The van der Waals surface area contributed by atoms with E-state index < -0.39 is 5.97 Å². The highest BCUT2D eigenvalue weighted by atomic mass is 79.9. The molecule has 1 aromatic rings. The van der Waals surface area contributed by atoms with Gasteiger partial charge in [0, 0.05) is 23.3 Å². The second-order valence-electron chi connectivity index (χ2n) is 4.58. The number of rotatable bonds is 8. The molecular formula is C14H20BrNO3. The highest BCUT2D eigenvalue weighted by Crippen LogP contribution is 2.21. The van der Waals surface area contributed by atoms with Crippen molar-refractivity contribution in [2.75, 3.05) is 18.5 Å². The Kier molecular flexibility index (Phi) is 6.87. The van der Waals surface area contributed by atoms with E-state index in [1.54, 1.807) is 12.1 Å². The number of benzene rings is 1. The Balaban J connectivity index is 2.67. The average molecular weight is 330 g/mol. The van der Waals surface area contributed by atoms with Gasteiger partial charge in [-0.1, -0.05) is 29.3 Å². The average Bonchev–Trinajstić information content (AvgIpc) is 2.36. The molecule has 0 radical (unpaired) electrons. The van der Waals surface area contributed by atoms with Gasteiger partial charge in [0.25, 0.3) is 0 Å². The van der Waals surface area contributed by atoms with E-state index in [1.807, 2.05) is 6.07 Å². The first kappa shape index (κ1) is 16.0. The molecule has 3 N–H and O–H groups in total. The van der Waals surface area contributed by atoms with Crippen molar-refractivity contribution in [1.82, 2.24) is 0 Å². The molecule has 19 heavy (non-hydrogen) atoms. The number of carbonyl (C=O) groups is 1. The zero-order valence-corrected chi connectivity index (χ0v) is 12.6. The number of aliphatic hydroxyl groups excluding tert-OH is 1. The third-order valence-electron chi connectivity index (χ3n) is 2.97. The van der Waals surface area contributed by atoms with Gasteiger partial charge in [-0.15, -0.1) is 0 Å². The summed E-state index contributed by atoms with van der Waals surface area (Å²) in [7, 11) is 0. The Labute approximate surface area is 122 Å².